The standard InChI is InChI=1S/C15H29N3O/c1-12(2)8-13(10-16)9-15(19)18-7-6-17-5-3-4-14(17)11-18/h12-14H,3-11,16H2,1-2H3/t13-,14?/m0/s1. The molecule has 2 saturated heterocycles. The highest BCUT2D eigenvalue weighted by molar-refractivity contribution is 5.76. The van der Waals surface area contributed by atoms with E-state index in [0.717, 1.165) is 26.1 Å². The van der Waals surface area contributed by atoms with Gasteiger partial charge in [-0.25, -0.2) is 0 Å². The summed E-state index contributed by atoms with van der Waals surface area (Å²) in [4.78, 5) is 17.0. The Kier molecular flexibility index (Phi) is 5.22. The SMILES string of the molecule is CC(C)C[C@H](CN)CC(=O)N1CCN2CCCC2C1. The predicted octanol–water partition coefficient (Wildman–Crippen LogP) is 1.30. The maximum Gasteiger partial charge on any atom is 0.222 e. The molecule has 0 aromatic carbocycles. The second-order valence-corrected chi connectivity index (χ2v) is 6.61. The number of piperazine rings is 1. The summed E-state index contributed by atoms with van der Waals surface area (Å²) in [5, 5.41) is 0. The number of carbonyl (C=O) groups excluding carboxylic acids is 1. The fourth-order valence-corrected chi connectivity index (χ4v) is 3.52. The lowest BCUT2D eigenvalue weighted by Crippen LogP contribution is -2.52. The van der Waals surface area contributed by atoms with Gasteiger partial charge in [0.1, 0.15) is 0 Å². The molecule has 2 aliphatic rings. The topological polar surface area (TPSA) is 49.6 Å². The Balaban J connectivity index is 1.82. The summed E-state index contributed by atoms with van der Waals surface area (Å²) in [6.45, 7) is 9.17. The Morgan fingerprint density at radius 1 is 1.32 bits per heavy atom. The van der Waals surface area contributed by atoms with Gasteiger partial charge >= 0.3 is 0 Å². The molecule has 4 heteroatoms. The molecule has 0 radical (unpaired) electrons. The van der Waals surface area contributed by atoms with Crippen molar-refractivity contribution in [3.8, 4) is 0 Å². The molecule has 0 saturated carbocycles. The number of amides is 1. The van der Waals surface area contributed by atoms with Crippen molar-refractivity contribution in [3.63, 3.8) is 0 Å². The van der Waals surface area contributed by atoms with Crippen molar-refractivity contribution in [2.24, 2.45) is 17.6 Å². The van der Waals surface area contributed by atoms with Gasteiger partial charge in [0.05, 0.1) is 0 Å². The van der Waals surface area contributed by atoms with E-state index in [1.54, 1.807) is 0 Å². The molecule has 2 fully saturated rings. The number of fused-ring (bicyclic) bond motifs is 1. The lowest BCUT2D eigenvalue weighted by atomic mass is 9.93. The van der Waals surface area contributed by atoms with Gasteiger partial charge in [-0.05, 0) is 44.2 Å². The summed E-state index contributed by atoms with van der Waals surface area (Å²) in [7, 11) is 0. The van der Waals surface area contributed by atoms with Crippen molar-refractivity contribution >= 4 is 5.91 Å². The van der Waals surface area contributed by atoms with Gasteiger partial charge in [-0.2, -0.15) is 0 Å². The molecule has 0 bridgehead atoms. The molecule has 0 spiro atoms. The van der Waals surface area contributed by atoms with Gasteiger partial charge in [-0.3, -0.25) is 9.69 Å². The third-order valence-electron chi connectivity index (χ3n) is 4.54. The number of hydrogen-bond acceptors (Lipinski definition) is 3. The van der Waals surface area contributed by atoms with E-state index in [1.807, 2.05) is 0 Å². The summed E-state index contributed by atoms with van der Waals surface area (Å²) >= 11 is 0. The van der Waals surface area contributed by atoms with E-state index in [2.05, 4.69) is 23.6 Å². The first-order valence-electron chi connectivity index (χ1n) is 7.82. The first-order chi connectivity index (χ1) is 9.10. The Morgan fingerprint density at radius 2 is 2.11 bits per heavy atom. The first kappa shape index (κ1) is 14.8. The Labute approximate surface area is 117 Å². The Bertz CT molecular complexity index is 306. The molecule has 2 atom stereocenters. The van der Waals surface area contributed by atoms with Crippen molar-refractivity contribution in [2.75, 3.05) is 32.7 Å². The average Bonchev–Trinajstić information content (AvgIpc) is 2.84. The van der Waals surface area contributed by atoms with E-state index in [0.29, 0.717) is 36.8 Å². The molecule has 2 N–H and O–H groups in total. The fraction of sp³-hybridized carbons (Fsp3) is 0.933. The molecule has 4 nitrogen and oxygen atoms in total. The third kappa shape index (κ3) is 3.93. The first-order valence-corrected chi connectivity index (χ1v) is 7.82. The monoisotopic (exact) mass is 267 g/mol. The number of nitrogens with two attached hydrogens (primary N) is 1. The smallest absolute Gasteiger partial charge is 0.222 e. The van der Waals surface area contributed by atoms with E-state index in [4.69, 9.17) is 5.73 Å². The van der Waals surface area contributed by atoms with Crippen LogP contribution in [-0.2, 0) is 4.79 Å². The highest BCUT2D eigenvalue weighted by Crippen LogP contribution is 2.23. The molecule has 110 valence electrons. The van der Waals surface area contributed by atoms with Crippen LogP contribution in [0.4, 0.5) is 0 Å². The zero-order valence-electron chi connectivity index (χ0n) is 12.5. The lowest BCUT2D eigenvalue weighted by Gasteiger charge is -2.38. The van der Waals surface area contributed by atoms with Crippen LogP contribution in [0.15, 0.2) is 0 Å². The summed E-state index contributed by atoms with van der Waals surface area (Å²) in [5.41, 5.74) is 5.81. The van der Waals surface area contributed by atoms with Gasteiger partial charge in [0.25, 0.3) is 0 Å². The fourth-order valence-electron chi connectivity index (χ4n) is 3.52. The van der Waals surface area contributed by atoms with Gasteiger partial charge in [-0.1, -0.05) is 13.8 Å². The van der Waals surface area contributed by atoms with E-state index in [1.165, 1.54) is 19.4 Å². The normalized spacial score (nSPS) is 25.7. The van der Waals surface area contributed by atoms with Crippen molar-refractivity contribution < 1.29 is 4.79 Å². The van der Waals surface area contributed by atoms with Crippen LogP contribution in [0.25, 0.3) is 0 Å². The van der Waals surface area contributed by atoms with Gasteiger partial charge < -0.3 is 10.6 Å². The number of carbonyl (C=O) groups is 1. The molecule has 2 rings (SSSR count). The molecule has 0 aromatic heterocycles. The molecule has 2 aliphatic heterocycles. The van der Waals surface area contributed by atoms with Crippen molar-refractivity contribution in [1.82, 2.24) is 9.80 Å². The number of nitrogens with zero attached hydrogens (tertiary/aromatic N) is 2. The minimum atomic E-state index is 0.322. The Morgan fingerprint density at radius 3 is 2.79 bits per heavy atom. The quantitative estimate of drug-likeness (QED) is 0.817. The van der Waals surface area contributed by atoms with E-state index in [-0.39, 0.29) is 0 Å². The molecular weight excluding hydrogens is 238 g/mol. The third-order valence-corrected chi connectivity index (χ3v) is 4.54. The zero-order chi connectivity index (χ0) is 13.8. The molecule has 1 amide bonds. The second-order valence-electron chi connectivity index (χ2n) is 6.61. The summed E-state index contributed by atoms with van der Waals surface area (Å²) < 4.78 is 0. The molecule has 2 heterocycles. The van der Waals surface area contributed by atoms with Gasteiger partial charge in [0, 0.05) is 32.1 Å². The van der Waals surface area contributed by atoms with Crippen LogP contribution in [0.3, 0.4) is 0 Å². The van der Waals surface area contributed by atoms with Crippen LogP contribution in [0.1, 0.15) is 39.5 Å². The van der Waals surface area contributed by atoms with Crippen molar-refractivity contribution in [3.05, 3.63) is 0 Å². The van der Waals surface area contributed by atoms with Crippen molar-refractivity contribution in [1.29, 1.82) is 0 Å². The number of hydrogen-bond donors (Lipinski definition) is 1. The highest BCUT2D eigenvalue weighted by atomic mass is 16.2. The molecule has 0 aliphatic carbocycles. The van der Waals surface area contributed by atoms with Crippen molar-refractivity contribution in [2.45, 2.75) is 45.6 Å². The molecule has 0 aromatic rings. The summed E-state index contributed by atoms with van der Waals surface area (Å²) in [6, 6.07) is 0.624. The second kappa shape index (κ2) is 6.71. The summed E-state index contributed by atoms with van der Waals surface area (Å²) in [6.07, 6.45) is 4.26. The molecule has 1 unspecified atom stereocenters. The summed E-state index contributed by atoms with van der Waals surface area (Å²) in [5.74, 6) is 1.30. The predicted molar refractivity (Wildman–Crippen MR) is 77.8 cm³/mol. The number of rotatable bonds is 5. The zero-order valence-corrected chi connectivity index (χ0v) is 12.5. The van der Waals surface area contributed by atoms with Gasteiger partial charge in [0.2, 0.25) is 5.91 Å². The Hall–Kier alpha value is -0.610. The maximum atomic E-state index is 12.4. The van der Waals surface area contributed by atoms with Crippen LogP contribution in [0, 0.1) is 11.8 Å². The van der Waals surface area contributed by atoms with Crippen LogP contribution in [0.5, 0.6) is 0 Å². The lowest BCUT2D eigenvalue weighted by molar-refractivity contribution is -0.134. The minimum absolute atomic E-state index is 0.322. The van der Waals surface area contributed by atoms with Crippen LogP contribution < -0.4 is 5.73 Å². The van der Waals surface area contributed by atoms with E-state index >= 15 is 0 Å². The highest BCUT2D eigenvalue weighted by Gasteiger charge is 2.32. The van der Waals surface area contributed by atoms with E-state index in [9.17, 15) is 4.79 Å². The van der Waals surface area contributed by atoms with Crippen LogP contribution in [-0.4, -0.2) is 54.5 Å². The van der Waals surface area contributed by atoms with Gasteiger partial charge in [-0.15, -0.1) is 0 Å². The van der Waals surface area contributed by atoms with E-state index < -0.39 is 0 Å². The minimum Gasteiger partial charge on any atom is -0.340 e. The van der Waals surface area contributed by atoms with Crippen LogP contribution in [0.2, 0.25) is 0 Å². The largest absolute Gasteiger partial charge is 0.340 e. The molecule has 19 heavy (non-hydrogen) atoms. The molecular formula is C15H29N3O. The average molecular weight is 267 g/mol. The van der Waals surface area contributed by atoms with Crippen LogP contribution >= 0.6 is 0 Å². The van der Waals surface area contributed by atoms with Gasteiger partial charge in [0.15, 0.2) is 0 Å². The maximum absolute atomic E-state index is 12.4.